The van der Waals surface area contributed by atoms with Crippen molar-refractivity contribution in [2.24, 2.45) is 4.99 Å². The fourth-order valence-electron chi connectivity index (χ4n) is 2.49. The third-order valence-electron chi connectivity index (χ3n) is 3.75. The Kier molecular flexibility index (Phi) is 9.94. The summed E-state index contributed by atoms with van der Waals surface area (Å²) in [7, 11) is 3.82. The van der Waals surface area contributed by atoms with Gasteiger partial charge in [-0.05, 0) is 37.1 Å². The van der Waals surface area contributed by atoms with Crippen molar-refractivity contribution >= 4 is 41.7 Å². The summed E-state index contributed by atoms with van der Waals surface area (Å²) in [6, 6.07) is 4.85. The molecule has 0 aromatic heterocycles. The zero-order chi connectivity index (χ0) is 16.7. The first-order valence-electron chi connectivity index (χ1n) is 7.69. The monoisotopic (exact) mass is 468 g/mol. The van der Waals surface area contributed by atoms with E-state index in [0.29, 0.717) is 19.0 Å². The van der Waals surface area contributed by atoms with Crippen LogP contribution in [0.3, 0.4) is 0 Å². The van der Waals surface area contributed by atoms with Gasteiger partial charge in [-0.15, -0.1) is 35.7 Å². The molecular formula is C16H26FIN4OS. The molecule has 1 aromatic carbocycles. The van der Waals surface area contributed by atoms with E-state index < -0.39 is 0 Å². The molecule has 0 spiro atoms. The molecule has 0 saturated carbocycles. The topological polar surface area (TPSA) is 48.9 Å². The van der Waals surface area contributed by atoms with E-state index in [2.05, 4.69) is 27.6 Å². The van der Waals surface area contributed by atoms with Crippen LogP contribution in [0.2, 0.25) is 0 Å². The molecule has 0 amide bonds. The zero-order valence-electron chi connectivity index (χ0n) is 14.3. The van der Waals surface area contributed by atoms with Gasteiger partial charge in [0.15, 0.2) is 5.96 Å². The van der Waals surface area contributed by atoms with Crippen molar-refractivity contribution in [2.75, 3.05) is 46.6 Å². The highest BCUT2D eigenvalue weighted by Gasteiger charge is 2.17. The quantitative estimate of drug-likeness (QED) is 0.300. The number of nitrogens with zero attached hydrogens (tertiary/aromatic N) is 2. The summed E-state index contributed by atoms with van der Waals surface area (Å²) < 4.78 is 19.1. The average Bonchev–Trinajstić information content (AvgIpc) is 2.55. The van der Waals surface area contributed by atoms with Gasteiger partial charge >= 0.3 is 0 Å². The van der Waals surface area contributed by atoms with Gasteiger partial charge < -0.3 is 20.3 Å². The van der Waals surface area contributed by atoms with E-state index in [4.69, 9.17) is 4.74 Å². The van der Waals surface area contributed by atoms with Crippen LogP contribution in [0.4, 0.5) is 4.39 Å². The maximum Gasteiger partial charge on any atom is 0.191 e. The highest BCUT2D eigenvalue weighted by molar-refractivity contribution is 14.0. The lowest BCUT2D eigenvalue weighted by Gasteiger charge is -2.30. The van der Waals surface area contributed by atoms with Gasteiger partial charge in [-0.1, -0.05) is 0 Å². The van der Waals surface area contributed by atoms with Gasteiger partial charge in [0.2, 0.25) is 0 Å². The predicted octanol–water partition coefficient (Wildman–Crippen LogP) is 2.16. The number of hydrogen-bond acceptors (Lipinski definition) is 4. The normalized spacial score (nSPS) is 18.8. The maximum atomic E-state index is 13.4. The van der Waals surface area contributed by atoms with Crippen LogP contribution < -0.4 is 10.6 Å². The summed E-state index contributed by atoms with van der Waals surface area (Å²) >= 11 is 1.61. The minimum Gasteiger partial charge on any atom is -0.374 e. The molecule has 1 aliphatic rings. The molecule has 8 heteroatoms. The smallest absolute Gasteiger partial charge is 0.191 e. The Morgan fingerprint density at radius 3 is 2.92 bits per heavy atom. The van der Waals surface area contributed by atoms with Gasteiger partial charge in [0.1, 0.15) is 5.82 Å². The first-order chi connectivity index (χ1) is 11.1. The summed E-state index contributed by atoms with van der Waals surface area (Å²) in [4.78, 5) is 7.52. The van der Waals surface area contributed by atoms with Crippen LogP contribution >= 0.6 is 35.7 Å². The average molecular weight is 468 g/mol. The van der Waals surface area contributed by atoms with Crippen LogP contribution in [-0.2, 0) is 11.3 Å². The van der Waals surface area contributed by atoms with E-state index in [0.717, 1.165) is 30.2 Å². The van der Waals surface area contributed by atoms with Crippen LogP contribution in [-0.4, -0.2) is 63.6 Å². The minimum absolute atomic E-state index is 0. The Bertz CT molecular complexity index is 547. The first-order valence-corrected chi connectivity index (χ1v) is 8.92. The minimum atomic E-state index is -0.221. The van der Waals surface area contributed by atoms with E-state index in [1.54, 1.807) is 30.9 Å². The molecule has 1 atom stereocenters. The predicted molar refractivity (Wildman–Crippen MR) is 109 cm³/mol. The summed E-state index contributed by atoms with van der Waals surface area (Å²) in [6.07, 6.45) is 2.14. The van der Waals surface area contributed by atoms with Gasteiger partial charge in [-0.3, -0.25) is 4.99 Å². The van der Waals surface area contributed by atoms with E-state index in [-0.39, 0.29) is 35.9 Å². The number of ether oxygens (including phenoxy) is 1. The molecule has 1 saturated heterocycles. The molecular weight excluding hydrogens is 442 g/mol. The van der Waals surface area contributed by atoms with Crippen molar-refractivity contribution in [3.8, 4) is 0 Å². The van der Waals surface area contributed by atoms with Crippen LogP contribution in [0.1, 0.15) is 5.56 Å². The van der Waals surface area contributed by atoms with Crippen molar-refractivity contribution in [1.82, 2.24) is 15.5 Å². The fraction of sp³-hybridized carbons (Fsp3) is 0.562. The number of rotatable bonds is 5. The van der Waals surface area contributed by atoms with Crippen molar-refractivity contribution in [3.05, 3.63) is 29.6 Å². The van der Waals surface area contributed by atoms with Crippen LogP contribution in [0, 0.1) is 5.82 Å². The number of morpholine rings is 1. The second-order valence-electron chi connectivity index (χ2n) is 5.52. The number of aliphatic imine (C=N–C) groups is 1. The molecule has 2 N–H and O–H groups in total. The van der Waals surface area contributed by atoms with Crippen molar-refractivity contribution in [3.63, 3.8) is 0 Å². The standard InChI is InChI=1S/C16H25FN4OS.HI/c1-18-16(20-10-14-11-21(2)6-7-22-14)19-9-12-8-13(17)4-5-15(12)23-3;/h4-5,8,14H,6-7,9-11H2,1-3H3,(H2,18,19,20);1H. The number of likely N-dealkylation sites (N-methyl/N-ethyl adjacent to an activating group) is 1. The molecule has 5 nitrogen and oxygen atoms in total. The fourth-order valence-corrected chi connectivity index (χ4v) is 3.08. The zero-order valence-corrected chi connectivity index (χ0v) is 17.5. The van der Waals surface area contributed by atoms with Gasteiger partial charge in [-0.2, -0.15) is 0 Å². The lowest BCUT2D eigenvalue weighted by atomic mass is 10.2. The molecule has 2 rings (SSSR count). The molecule has 0 radical (unpaired) electrons. The van der Waals surface area contributed by atoms with Gasteiger partial charge in [0.05, 0.1) is 12.7 Å². The largest absolute Gasteiger partial charge is 0.374 e. The summed E-state index contributed by atoms with van der Waals surface area (Å²) in [5, 5.41) is 6.50. The molecule has 1 unspecified atom stereocenters. The van der Waals surface area contributed by atoms with E-state index in [1.165, 1.54) is 6.07 Å². The van der Waals surface area contributed by atoms with Gasteiger partial charge in [-0.25, -0.2) is 4.39 Å². The van der Waals surface area contributed by atoms with Crippen LogP contribution in [0.25, 0.3) is 0 Å². The Morgan fingerprint density at radius 1 is 1.46 bits per heavy atom. The Balaban J connectivity index is 0.00000288. The number of guanidine groups is 1. The van der Waals surface area contributed by atoms with Crippen molar-refractivity contribution in [1.29, 1.82) is 0 Å². The SMILES string of the molecule is CN=C(NCc1cc(F)ccc1SC)NCC1CN(C)CCO1.I. The van der Waals surface area contributed by atoms with Crippen molar-refractivity contribution < 1.29 is 9.13 Å². The third-order valence-corrected chi connectivity index (χ3v) is 4.59. The first kappa shape index (κ1) is 21.5. The Labute approximate surface area is 164 Å². The van der Waals surface area contributed by atoms with Crippen molar-refractivity contribution in [2.45, 2.75) is 17.5 Å². The Morgan fingerprint density at radius 2 is 2.25 bits per heavy atom. The second-order valence-corrected chi connectivity index (χ2v) is 6.37. The lowest BCUT2D eigenvalue weighted by Crippen LogP contribution is -2.48. The number of benzene rings is 1. The summed E-state index contributed by atoms with van der Waals surface area (Å²) in [6.45, 7) is 3.86. The van der Waals surface area contributed by atoms with E-state index in [9.17, 15) is 4.39 Å². The molecule has 1 heterocycles. The molecule has 1 aliphatic heterocycles. The summed E-state index contributed by atoms with van der Waals surface area (Å²) in [5.74, 6) is 0.472. The third kappa shape index (κ3) is 6.73. The van der Waals surface area contributed by atoms with Gasteiger partial charge in [0, 0.05) is 38.1 Å². The highest BCUT2D eigenvalue weighted by atomic mass is 127. The number of halogens is 2. The van der Waals surface area contributed by atoms with Gasteiger partial charge in [0.25, 0.3) is 0 Å². The second kappa shape index (κ2) is 11.1. The molecule has 0 aliphatic carbocycles. The molecule has 1 aromatic rings. The van der Waals surface area contributed by atoms with Crippen LogP contribution in [0.15, 0.2) is 28.1 Å². The maximum absolute atomic E-state index is 13.4. The van der Waals surface area contributed by atoms with E-state index in [1.807, 2.05) is 6.26 Å². The molecule has 0 bridgehead atoms. The Hall–Kier alpha value is -0.580. The highest BCUT2D eigenvalue weighted by Crippen LogP contribution is 2.21. The lowest BCUT2D eigenvalue weighted by molar-refractivity contribution is -0.0161. The number of nitrogens with one attached hydrogen (secondary N) is 2. The number of thioether (sulfide) groups is 1. The molecule has 24 heavy (non-hydrogen) atoms. The molecule has 1 fully saturated rings. The summed E-state index contributed by atoms with van der Waals surface area (Å²) in [5.41, 5.74) is 0.925. The number of hydrogen-bond donors (Lipinski definition) is 2. The van der Waals surface area contributed by atoms with E-state index >= 15 is 0 Å². The molecule has 136 valence electrons. The van der Waals surface area contributed by atoms with Crippen LogP contribution in [0.5, 0.6) is 0 Å².